The third-order valence-corrected chi connectivity index (χ3v) is 4.02. The zero-order valence-corrected chi connectivity index (χ0v) is 15.0. The quantitative estimate of drug-likeness (QED) is 0.500. The molecule has 3 nitrogen and oxygen atoms in total. The molecule has 0 fully saturated rings. The van der Waals surface area contributed by atoms with Gasteiger partial charge < -0.3 is 10.4 Å². The fraction of sp³-hybridized carbons (Fsp3) is 0.421. The van der Waals surface area contributed by atoms with Crippen LogP contribution in [0.25, 0.3) is 11.3 Å². The van der Waals surface area contributed by atoms with E-state index in [0.29, 0.717) is 5.56 Å². The van der Waals surface area contributed by atoms with Gasteiger partial charge in [0.25, 0.3) is 0 Å². The van der Waals surface area contributed by atoms with E-state index < -0.39 is 30.6 Å². The predicted molar refractivity (Wildman–Crippen MR) is 92.5 cm³/mol. The van der Waals surface area contributed by atoms with Gasteiger partial charge in [0.1, 0.15) is 5.69 Å². The first kappa shape index (κ1) is 22.2. The summed E-state index contributed by atoms with van der Waals surface area (Å²) in [5, 5.41) is 12.8. The molecule has 0 spiro atoms. The Balaban J connectivity index is 2.16. The van der Waals surface area contributed by atoms with Crippen LogP contribution in [0.3, 0.4) is 0 Å². The molecular formula is C19H20F6N2O. The molecule has 1 atom stereocenters. The van der Waals surface area contributed by atoms with Crippen molar-refractivity contribution in [3.63, 3.8) is 0 Å². The molecule has 0 amide bonds. The van der Waals surface area contributed by atoms with Crippen molar-refractivity contribution in [2.75, 3.05) is 13.1 Å². The van der Waals surface area contributed by atoms with Gasteiger partial charge in [-0.25, -0.2) is 4.98 Å². The van der Waals surface area contributed by atoms with Crippen LogP contribution in [0.4, 0.5) is 26.3 Å². The first-order chi connectivity index (χ1) is 13.0. The van der Waals surface area contributed by atoms with Crippen LogP contribution in [-0.4, -0.2) is 29.4 Å². The van der Waals surface area contributed by atoms with Gasteiger partial charge in [0, 0.05) is 18.5 Å². The van der Waals surface area contributed by atoms with Gasteiger partial charge in [-0.15, -0.1) is 0 Å². The Hall–Kier alpha value is -2.13. The Labute approximate surface area is 158 Å². The summed E-state index contributed by atoms with van der Waals surface area (Å²) in [5.41, 5.74) is 0.293. The monoisotopic (exact) mass is 406 g/mol. The molecule has 1 aromatic carbocycles. The van der Waals surface area contributed by atoms with E-state index in [1.54, 1.807) is 24.3 Å². The molecule has 2 N–H and O–H groups in total. The zero-order chi connectivity index (χ0) is 20.9. The lowest BCUT2D eigenvalue weighted by Crippen LogP contribution is -2.24. The summed E-state index contributed by atoms with van der Waals surface area (Å²) in [4.78, 5) is 3.64. The highest BCUT2D eigenvalue weighted by atomic mass is 19.4. The van der Waals surface area contributed by atoms with Crippen LogP contribution < -0.4 is 5.32 Å². The largest absolute Gasteiger partial charge is 0.433 e. The number of nitrogens with zero attached hydrogens (tertiary/aromatic N) is 1. The summed E-state index contributed by atoms with van der Waals surface area (Å²) in [5.74, 6) is 0. The molecule has 0 saturated heterocycles. The summed E-state index contributed by atoms with van der Waals surface area (Å²) >= 11 is 0. The van der Waals surface area contributed by atoms with E-state index in [1.807, 2.05) is 6.92 Å². The molecule has 2 rings (SSSR count). The van der Waals surface area contributed by atoms with Gasteiger partial charge in [-0.1, -0.05) is 29.8 Å². The Bertz CT molecular complexity index is 771. The zero-order valence-electron chi connectivity index (χ0n) is 15.0. The molecule has 1 unspecified atom stereocenters. The van der Waals surface area contributed by atoms with Gasteiger partial charge >= 0.3 is 12.4 Å². The maximum atomic E-state index is 13.2. The van der Waals surface area contributed by atoms with Crippen LogP contribution in [0.15, 0.2) is 36.4 Å². The third-order valence-electron chi connectivity index (χ3n) is 4.02. The molecular weight excluding hydrogens is 386 g/mol. The minimum Gasteiger partial charge on any atom is -0.387 e. The average Bonchev–Trinajstić information content (AvgIpc) is 2.59. The number of alkyl halides is 6. The molecule has 28 heavy (non-hydrogen) atoms. The topological polar surface area (TPSA) is 45.1 Å². The van der Waals surface area contributed by atoms with Crippen LogP contribution in [0.5, 0.6) is 0 Å². The molecule has 0 bridgehead atoms. The standard InChI is InChI=1S/C19H20F6N2O/c1-12-3-5-13(6-4-12)15-9-14(10-17(27-15)19(23,24)25)16(28)11-26-8-2-7-18(20,21)22/h3-6,9-10,16,26,28H,2,7-8,11H2,1H3. The Morgan fingerprint density at radius 1 is 1.04 bits per heavy atom. The van der Waals surface area contributed by atoms with Crippen LogP contribution in [0.1, 0.15) is 35.8 Å². The maximum Gasteiger partial charge on any atom is 0.433 e. The molecule has 9 heteroatoms. The van der Waals surface area contributed by atoms with Gasteiger partial charge in [-0.05, 0) is 37.6 Å². The summed E-state index contributed by atoms with van der Waals surface area (Å²) in [7, 11) is 0. The SMILES string of the molecule is Cc1ccc(-c2cc(C(O)CNCCCC(F)(F)F)cc(C(F)(F)F)n2)cc1. The number of nitrogens with one attached hydrogen (secondary N) is 1. The molecule has 0 radical (unpaired) electrons. The molecule has 1 heterocycles. The molecule has 0 aliphatic heterocycles. The fourth-order valence-electron chi connectivity index (χ4n) is 2.53. The van der Waals surface area contributed by atoms with Crippen molar-refractivity contribution in [3.05, 3.63) is 53.2 Å². The molecule has 1 aromatic heterocycles. The summed E-state index contributed by atoms with van der Waals surface area (Å²) in [6, 6.07) is 8.82. The second-order valence-electron chi connectivity index (χ2n) is 6.47. The second-order valence-corrected chi connectivity index (χ2v) is 6.47. The lowest BCUT2D eigenvalue weighted by Gasteiger charge is -2.16. The number of aryl methyl sites for hydroxylation is 1. The van der Waals surface area contributed by atoms with Crippen LogP contribution in [0.2, 0.25) is 0 Å². The summed E-state index contributed by atoms with van der Waals surface area (Å²) < 4.78 is 75.9. The Morgan fingerprint density at radius 2 is 1.68 bits per heavy atom. The number of hydrogen-bond donors (Lipinski definition) is 2. The molecule has 154 valence electrons. The van der Waals surface area contributed by atoms with Crippen molar-refractivity contribution in [2.24, 2.45) is 0 Å². The first-order valence-corrected chi connectivity index (χ1v) is 8.57. The summed E-state index contributed by atoms with van der Waals surface area (Å²) in [6.07, 6.45) is -11.4. The van der Waals surface area contributed by atoms with E-state index in [2.05, 4.69) is 10.3 Å². The van der Waals surface area contributed by atoms with E-state index >= 15 is 0 Å². The van der Waals surface area contributed by atoms with Crippen molar-refractivity contribution in [1.82, 2.24) is 10.3 Å². The van der Waals surface area contributed by atoms with Gasteiger partial charge in [0.15, 0.2) is 0 Å². The minimum absolute atomic E-state index is 0.0128. The van der Waals surface area contributed by atoms with Gasteiger partial charge in [-0.2, -0.15) is 26.3 Å². The van der Waals surface area contributed by atoms with Crippen molar-refractivity contribution < 1.29 is 31.4 Å². The van der Waals surface area contributed by atoms with E-state index in [-0.39, 0.29) is 30.8 Å². The van der Waals surface area contributed by atoms with Crippen molar-refractivity contribution in [1.29, 1.82) is 0 Å². The van der Waals surface area contributed by atoms with Gasteiger partial charge in [0.2, 0.25) is 0 Å². The summed E-state index contributed by atoms with van der Waals surface area (Å²) in [6.45, 7) is 1.65. The van der Waals surface area contributed by atoms with Crippen molar-refractivity contribution in [2.45, 2.75) is 38.2 Å². The van der Waals surface area contributed by atoms with Gasteiger partial charge in [-0.3, -0.25) is 0 Å². The number of aliphatic hydroxyl groups excluding tert-OH is 1. The number of pyridine rings is 1. The van der Waals surface area contributed by atoms with E-state index in [0.717, 1.165) is 11.6 Å². The van der Waals surface area contributed by atoms with Crippen molar-refractivity contribution >= 4 is 0 Å². The van der Waals surface area contributed by atoms with E-state index in [9.17, 15) is 31.4 Å². The number of aliphatic hydroxyl groups is 1. The lowest BCUT2D eigenvalue weighted by molar-refractivity contribution is -0.141. The highest BCUT2D eigenvalue weighted by Gasteiger charge is 2.34. The fourth-order valence-corrected chi connectivity index (χ4v) is 2.53. The molecule has 2 aromatic rings. The average molecular weight is 406 g/mol. The highest BCUT2D eigenvalue weighted by molar-refractivity contribution is 5.61. The van der Waals surface area contributed by atoms with Crippen molar-refractivity contribution in [3.8, 4) is 11.3 Å². The Morgan fingerprint density at radius 3 is 2.25 bits per heavy atom. The van der Waals surface area contributed by atoms with Gasteiger partial charge in [0.05, 0.1) is 11.8 Å². The molecule has 0 aliphatic rings. The minimum atomic E-state index is -4.70. The molecule has 0 saturated carbocycles. The first-order valence-electron chi connectivity index (χ1n) is 8.57. The van der Waals surface area contributed by atoms with E-state index in [4.69, 9.17) is 0 Å². The lowest BCUT2D eigenvalue weighted by atomic mass is 10.0. The maximum absolute atomic E-state index is 13.2. The third kappa shape index (κ3) is 6.79. The number of halogens is 6. The van der Waals surface area contributed by atoms with Crippen LogP contribution >= 0.6 is 0 Å². The van der Waals surface area contributed by atoms with E-state index in [1.165, 1.54) is 6.07 Å². The number of benzene rings is 1. The second kappa shape index (κ2) is 8.91. The predicted octanol–water partition coefficient (Wildman–Crippen LogP) is 5.04. The smallest absolute Gasteiger partial charge is 0.387 e. The normalized spacial score (nSPS) is 13.6. The van der Waals surface area contributed by atoms with Crippen LogP contribution in [-0.2, 0) is 6.18 Å². The molecule has 0 aliphatic carbocycles. The van der Waals surface area contributed by atoms with Crippen LogP contribution in [0, 0.1) is 6.92 Å². The highest BCUT2D eigenvalue weighted by Crippen LogP contribution is 2.32. The number of hydrogen-bond acceptors (Lipinski definition) is 3. The number of rotatable bonds is 7. The number of aromatic nitrogens is 1. The Kier molecular flexibility index (Phi) is 7.06.